The molecule has 160 valence electrons. The molecular formula is C23H24ClN5O2. The second-order valence-electron chi connectivity index (χ2n) is 7.98. The van der Waals surface area contributed by atoms with E-state index in [1.807, 2.05) is 37.3 Å². The van der Waals surface area contributed by atoms with E-state index in [9.17, 15) is 4.79 Å². The fraction of sp³-hybridized carbons (Fsp3) is 0.348. The smallest absolute Gasteiger partial charge is 0.232 e. The van der Waals surface area contributed by atoms with E-state index in [0.717, 1.165) is 24.1 Å². The molecule has 0 aromatic heterocycles. The molecule has 2 aromatic carbocycles. The summed E-state index contributed by atoms with van der Waals surface area (Å²) in [5, 5.41) is 3.74. The van der Waals surface area contributed by atoms with Crippen LogP contribution in [0.15, 0.2) is 47.5 Å². The molecule has 1 saturated heterocycles. The van der Waals surface area contributed by atoms with Gasteiger partial charge in [0.25, 0.3) is 0 Å². The maximum atomic E-state index is 13.1. The van der Waals surface area contributed by atoms with Gasteiger partial charge in [0.1, 0.15) is 0 Å². The van der Waals surface area contributed by atoms with Gasteiger partial charge in [0.05, 0.1) is 29.2 Å². The van der Waals surface area contributed by atoms with Crippen molar-refractivity contribution >= 4 is 40.5 Å². The van der Waals surface area contributed by atoms with E-state index in [2.05, 4.69) is 10.2 Å². The molecule has 1 amide bonds. The van der Waals surface area contributed by atoms with Crippen LogP contribution in [0.4, 0.5) is 17.1 Å². The minimum Gasteiger partial charge on any atom is -0.381 e. The first-order valence-corrected chi connectivity index (χ1v) is 10.6. The van der Waals surface area contributed by atoms with E-state index in [1.165, 1.54) is 0 Å². The average molecular weight is 438 g/mol. The third kappa shape index (κ3) is 4.22. The maximum absolute atomic E-state index is 13.1. The minimum absolute atomic E-state index is 0.0211. The number of ether oxygens (including phenoxy) is 1. The second-order valence-corrected chi connectivity index (χ2v) is 8.36. The Kier molecular flexibility index (Phi) is 5.86. The van der Waals surface area contributed by atoms with Crippen LogP contribution in [-0.4, -0.2) is 36.0 Å². The first-order chi connectivity index (χ1) is 14.9. The zero-order chi connectivity index (χ0) is 22.0. The van der Waals surface area contributed by atoms with Crippen LogP contribution >= 0.6 is 11.6 Å². The minimum atomic E-state index is -0.865. The lowest BCUT2D eigenvalue weighted by atomic mass is 9.86. The van der Waals surface area contributed by atoms with Crippen LogP contribution < -0.4 is 11.1 Å². The molecule has 0 bridgehead atoms. The topological polar surface area (TPSA) is 84.3 Å². The van der Waals surface area contributed by atoms with Crippen molar-refractivity contribution in [3.63, 3.8) is 0 Å². The second kappa shape index (κ2) is 8.58. The Morgan fingerprint density at radius 2 is 2.03 bits per heavy atom. The van der Waals surface area contributed by atoms with Crippen LogP contribution in [0, 0.1) is 6.57 Å². The number of rotatable bonds is 4. The summed E-state index contributed by atoms with van der Waals surface area (Å²) in [4.78, 5) is 22.9. The van der Waals surface area contributed by atoms with E-state index in [1.54, 1.807) is 17.0 Å². The number of carbonyl (C=O) groups is 1. The fourth-order valence-corrected chi connectivity index (χ4v) is 4.57. The Hall–Kier alpha value is -3.08. The Morgan fingerprint density at radius 3 is 2.74 bits per heavy atom. The van der Waals surface area contributed by atoms with Gasteiger partial charge in [-0.2, -0.15) is 0 Å². The highest BCUT2D eigenvalue weighted by Crippen LogP contribution is 2.41. The number of aliphatic imine (C=N–C) groups is 1. The molecule has 0 radical (unpaired) electrons. The van der Waals surface area contributed by atoms with Gasteiger partial charge in [-0.15, -0.1) is 0 Å². The number of nitrogens with zero attached hydrogens (tertiary/aromatic N) is 3. The number of nitrogens with two attached hydrogens (primary N) is 1. The SMILES string of the molecule is [C-]#[N+]c1cccc(Nc2cccc([C@]3(C)CC(=O)N(C4CCOCC4)C(N)=N3)c2Cl)c1. The summed E-state index contributed by atoms with van der Waals surface area (Å²) in [5.41, 5.74) is 8.11. The number of hydrogen-bond acceptors (Lipinski definition) is 5. The van der Waals surface area contributed by atoms with E-state index in [4.69, 9.17) is 33.6 Å². The predicted octanol–water partition coefficient (Wildman–Crippen LogP) is 4.58. The van der Waals surface area contributed by atoms with Crippen molar-refractivity contribution in [2.75, 3.05) is 18.5 Å². The summed E-state index contributed by atoms with van der Waals surface area (Å²) in [6.45, 7) is 10.3. The van der Waals surface area contributed by atoms with E-state index in [-0.39, 0.29) is 24.3 Å². The van der Waals surface area contributed by atoms with Gasteiger partial charge in [-0.25, -0.2) is 9.84 Å². The van der Waals surface area contributed by atoms with E-state index in [0.29, 0.717) is 29.6 Å². The van der Waals surface area contributed by atoms with Crippen molar-refractivity contribution in [2.45, 2.75) is 37.8 Å². The van der Waals surface area contributed by atoms with Crippen LogP contribution in [-0.2, 0) is 15.1 Å². The highest BCUT2D eigenvalue weighted by Gasteiger charge is 2.41. The highest BCUT2D eigenvalue weighted by molar-refractivity contribution is 6.34. The van der Waals surface area contributed by atoms with Gasteiger partial charge in [0, 0.05) is 30.5 Å². The summed E-state index contributed by atoms with van der Waals surface area (Å²) in [5.74, 6) is 0.172. The molecule has 4 rings (SSSR count). The van der Waals surface area contributed by atoms with Crippen LogP contribution in [0.2, 0.25) is 5.02 Å². The van der Waals surface area contributed by atoms with Crippen LogP contribution in [0.25, 0.3) is 4.85 Å². The van der Waals surface area contributed by atoms with Crippen molar-refractivity contribution in [2.24, 2.45) is 10.7 Å². The molecule has 2 aliphatic rings. The molecule has 0 saturated carbocycles. The standard InChI is InChI=1S/C23H24ClN5O2/c1-23(14-20(30)29(22(25)28-23)17-9-11-31-12-10-17)18-7-4-8-19(21(18)24)27-16-6-3-5-15(13-16)26-2/h3-8,13,17,27H,9-12,14H2,1H3,(H2,25,28)/t23-/m0/s1. The average Bonchev–Trinajstić information content (AvgIpc) is 2.75. The number of guanidine groups is 1. The van der Waals surface area contributed by atoms with Crippen molar-refractivity contribution < 1.29 is 9.53 Å². The lowest BCUT2D eigenvalue weighted by Crippen LogP contribution is -2.55. The van der Waals surface area contributed by atoms with Crippen LogP contribution in [0.1, 0.15) is 31.7 Å². The first-order valence-electron chi connectivity index (χ1n) is 10.2. The van der Waals surface area contributed by atoms with Gasteiger partial charge >= 0.3 is 0 Å². The lowest BCUT2D eigenvalue weighted by Gasteiger charge is -2.40. The molecule has 0 spiro atoms. The summed E-state index contributed by atoms with van der Waals surface area (Å²) in [6.07, 6.45) is 1.69. The van der Waals surface area contributed by atoms with E-state index >= 15 is 0 Å². The number of carbonyl (C=O) groups excluding carboxylic acids is 1. The normalized spacial score (nSPS) is 22.0. The van der Waals surface area contributed by atoms with Crippen LogP contribution in [0.5, 0.6) is 0 Å². The monoisotopic (exact) mass is 437 g/mol. The molecule has 2 heterocycles. The molecule has 2 aliphatic heterocycles. The van der Waals surface area contributed by atoms with Gasteiger partial charge in [-0.1, -0.05) is 35.9 Å². The number of nitrogens with one attached hydrogen (secondary N) is 1. The van der Waals surface area contributed by atoms with Crippen molar-refractivity contribution in [3.05, 3.63) is 64.5 Å². The Labute approximate surface area is 186 Å². The molecule has 8 heteroatoms. The number of amides is 1. The molecule has 1 fully saturated rings. The van der Waals surface area contributed by atoms with Gasteiger partial charge in [-0.05, 0) is 38.0 Å². The molecule has 7 nitrogen and oxygen atoms in total. The van der Waals surface area contributed by atoms with E-state index < -0.39 is 5.54 Å². The number of hydrogen-bond donors (Lipinski definition) is 2. The Balaban J connectivity index is 1.64. The van der Waals surface area contributed by atoms with Crippen molar-refractivity contribution in [1.29, 1.82) is 0 Å². The van der Waals surface area contributed by atoms with Crippen LogP contribution in [0.3, 0.4) is 0 Å². The third-order valence-corrected chi connectivity index (χ3v) is 6.17. The van der Waals surface area contributed by atoms with Gasteiger partial charge in [-0.3, -0.25) is 9.69 Å². The third-order valence-electron chi connectivity index (χ3n) is 5.76. The molecule has 2 aromatic rings. The highest BCUT2D eigenvalue weighted by atomic mass is 35.5. The summed E-state index contributed by atoms with van der Waals surface area (Å²) in [6, 6.07) is 12.8. The molecule has 0 aliphatic carbocycles. The first kappa shape index (κ1) is 21.2. The van der Waals surface area contributed by atoms with Gasteiger partial charge < -0.3 is 15.8 Å². The zero-order valence-corrected chi connectivity index (χ0v) is 18.0. The Morgan fingerprint density at radius 1 is 1.29 bits per heavy atom. The largest absolute Gasteiger partial charge is 0.381 e. The molecular weight excluding hydrogens is 414 g/mol. The molecule has 3 N–H and O–H groups in total. The maximum Gasteiger partial charge on any atom is 0.232 e. The summed E-state index contributed by atoms with van der Waals surface area (Å²) < 4.78 is 5.40. The molecule has 0 unspecified atom stereocenters. The van der Waals surface area contributed by atoms with Gasteiger partial charge in [0.2, 0.25) is 5.91 Å². The fourth-order valence-electron chi connectivity index (χ4n) is 4.20. The predicted molar refractivity (Wildman–Crippen MR) is 122 cm³/mol. The summed E-state index contributed by atoms with van der Waals surface area (Å²) in [7, 11) is 0. The van der Waals surface area contributed by atoms with Gasteiger partial charge in [0.15, 0.2) is 11.6 Å². The Bertz CT molecular complexity index is 1070. The number of benzene rings is 2. The number of halogens is 1. The zero-order valence-electron chi connectivity index (χ0n) is 17.3. The number of anilines is 2. The molecule has 1 atom stereocenters. The lowest BCUT2D eigenvalue weighted by molar-refractivity contribution is -0.132. The van der Waals surface area contributed by atoms with Crippen molar-refractivity contribution in [1.82, 2.24) is 4.90 Å². The van der Waals surface area contributed by atoms with Crippen molar-refractivity contribution in [3.8, 4) is 0 Å². The quantitative estimate of drug-likeness (QED) is 0.686. The molecule has 31 heavy (non-hydrogen) atoms. The summed E-state index contributed by atoms with van der Waals surface area (Å²) >= 11 is 6.76.